The third-order valence-electron chi connectivity index (χ3n) is 3.48. The molecule has 0 atom stereocenters. The first-order valence-electron chi connectivity index (χ1n) is 6.47. The number of nitrogen functional groups attached to an aromatic ring is 1. The molecule has 5 nitrogen and oxygen atoms in total. The number of hydrogen-bond donors (Lipinski definition) is 1. The predicted molar refractivity (Wildman–Crippen MR) is 86.6 cm³/mol. The Labute approximate surface area is 130 Å². The van der Waals surface area contributed by atoms with Gasteiger partial charge in [-0.15, -0.1) is 0 Å². The quantitative estimate of drug-likeness (QED) is 0.722. The maximum atomic E-state index is 5.96. The van der Waals surface area contributed by atoms with Crippen LogP contribution in [0.5, 0.6) is 5.75 Å². The summed E-state index contributed by atoms with van der Waals surface area (Å²) in [5, 5.41) is 0. The minimum absolute atomic E-state index is 0.592. The average molecular weight is 347 g/mol. The Kier molecular flexibility index (Phi) is 3.33. The molecule has 0 unspecified atom stereocenters. The lowest BCUT2D eigenvalue weighted by atomic mass is 10.1. The molecule has 2 N–H and O–H groups in total. The molecule has 3 aromatic rings. The lowest BCUT2D eigenvalue weighted by molar-refractivity contribution is 0.417. The summed E-state index contributed by atoms with van der Waals surface area (Å²) in [6.07, 6.45) is 1.96. The van der Waals surface area contributed by atoms with Gasteiger partial charge in [0.25, 0.3) is 0 Å². The minimum Gasteiger partial charge on any atom is -0.495 e. The molecule has 0 amide bonds. The summed E-state index contributed by atoms with van der Waals surface area (Å²) in [6.45, 7) is 3.98. The monoisotopic (exact) mass is 346 g/mol. The Hall–Kier alpha value is -2.08. The third kappa shape index (κ3) is 2.25. The van der Waals surface area contributed by atoms with Gasteiger partial charge in [-0.3, -0.25) is 4.40 Å². The highest BCUT2D eigenvalue weighted by Crippen LogP contribution is 2.29. The normalized spacial score (nSPS) is 11.0. The van der Waals surface area contributed by atoms with Gasteiger partial charge in [0.2, 0.25) is 5.78 Å². The molecule has 21 heavy (non-hydrogen) atoms. The Morgan fingerprint density at radius 1 is 1.24 bits per heavy atom. The van der Waals surface area contributed by atoms with E-state index >= 15 is 0 Å². The van der Waals surface area contributed by atoms with E-state index < -0.39 is 0 Å². The molecule has 6 heteroatoms. The summed E-state index contributed by atoms with van der Waals surface area (Å²) in [5.41, 5.74) is 10.3. The van der Waals surface area contributed by atoms with Crippen molar-refractivity contribution >= 4 is 27.4 Å². The fraction of sp³-hybridized carbons (Fsp3) is 0.200. The van der Waals surface area contributed by atoms with Crippen molar-refractivity contribution in [1.29, 1.82) is 0 Å². The van der Waals surface area contributed by atoms with Crippen LogP contribution in [0, 0.1) is 13.8 Å². The van der Waals surface area contributed by atoms with Crippen molar-refractivity contribution in [3.05, 3.63) is 40.3 Å². The zero-order valence-electron chi connectivity index (χ0n) is 12.0. The highest BCUT2D eigenvalue weighted by Gasteiger charge is 2.12. The van der Waals surface area contributed by atoms with E-state index in [-0.39, 0.29) is 0 Å². The summed E-state index contributed by atoms with van der Waals surface area (Å²) in [4.78, 5) is 9.06. The van der Waals surface area contributed by atoms with Gasteiger partial charge in [0.05, 0.1) is 28.7 Å². The molecule has 0 spiro atoms. The Bertz CT molecular complexity index is 841. The molecule has 3 rings (SSSR count). The number of fused-ring (bicyclic) bond motifs is 1. The summed E-state index contributed by atoms with van der Waals surface area (Å²) < 4.78 is 8.13. The number of nitrogens with zero attached hydrogens (tertiary/aromatic N) is 3. The van der Waals surface area contributed by atoms with Crippen LogP contribution in [-0.2, 0) is 0 Å². The summed E-state index contributed by atoms with van der Waals surface area (Å²) >= 11 is 3.55. The van der Waals surface area contributed by atoms with Crippen LogP contribution in [0.4, 0.5) is 5.69 Å². The lowest BCUT2D eigenvalue weighted by Gasteiger charge is -2.05. The minimum atomic E-state index is 0.592. The largest absolute Gasteiger partial charge is 0.495 e. The Morgan fingerprint density at radius 2 is 2.00 bits per heavy atom. The van der Waals surface area contributed by atoms with Crippen molar-refractivity contribution in [3.8, 4) is 17.0 Å². The van der Waals surface area contributed by atoms with E-state index in [9.17, 15) is 0 Å². The van der Waals surface area contributed by atoms with Crippen molar-refractivity contribution in [2.24, 2.45) is 0 Å². The van der Waals surface area contributed by atoms with Crippen LogP contribution < -0.4 is 10.5 Å². The number of anilines is 1. The number of nitrogens with two attached hydrogens (primary N) is 1. The third-order valence-corrected chi connectivity index (χ3v) is 4.62. The second-order valence-corrected chi connectivity index (χ2v) is 5.64. The fourth-order valence-electron chi connectivity index (χ4n) is 2.30. The number of aryl methyl sites for hydroxylation is 2. The number of halogens is 1. The van der Waals surface area contributed by atoms with Crippen LogP contribution in [-0.4, -0.2) is 21.5 Å². The zero-order valence-corrected chi connectivity index (χ0v) is 13.6. The van der Waals surface area contributed by atoms with Crippen LogP contribution in [0.3, 0.4) is 0 Å². The van der Waals surface area contributed by atoms with Gasteiger partial charge in [0, 0.05) is 17.5 Å². The van der Waals surface area contributed by atoms with E-state index in [0.29, 0.717) is 17.2 Å². The van der Waals surface area contributed by atoms with Crippen molar-refractivity contribution < 1.29 is 4.74 Å². The van der Waals surface area contributed by atoms with Gasteiger partial charge in [0.15, 0.2) is 0 Å². The number of benzene rings is 1. The number of rotatable bonds is 2. The molecule has 1 aromatic carbocycles. The summed E-state index contributed by atoms with van der Waals surface area (Å²) in [5.74, 6) is 1.34. The topological polar surface area (TPSA) is 65.4 Å². The van der Waals surface area contributed by atoms with Gasteiger partial charge >= 0.3 is 0 Å². The molecule has 0 bridgehead atoms. The smallest absolute Gasteiger partial charge is 0.234 e. The van der Waals surface area contributed by atoms with Gasteiger partial charge in [0.1, 0.15) is 5.75 Å². The Balaban J connectivity index is 2.17. The van der Waals surface area contributed by atoms with E-state index in [1.165, 1.54) is 0 Å². The molecule has 2 aromatic heterocycles. The van der Waals surface area contributed by atoms with Crippen LogP contribution in [0.15, 0.2) is 28.9 Å². The van der Waals surface area contributed by atoms with Crippen LogP contribution in [0.2, 0.25) is 0 Å². The predicted octanol–water partition coefficient (Wildman–Crippen LogP) is 3.37. The van der Waals surface area contributed by atoms with E-state index in [1.807, 2.05) is 42.6 Å². The molecule has 0 aliphatic heterocycles. The molecule has 0 aliphatic rings. The standard InChI is InChI=1S/C15H15BrN4O/c1-8-14(16)9(2)20-7-12(19-15(20)18-8)10-4-5-13(21-3)11(17)6-10/h4-7H,17H2,1-3H3. The number of ether oxygens (including phenoxy) is 1. The molecule has 2 heterocycles. The van der Waals surface area contributed by atoms with Crippen LogP contribution >= 0.6 is 15.9 Å². The van der Waals surface area contributed by atoms with Gasteiger partial charge in [-0.1, -0.05) is 0 Å². The van der Waals surface area contributed by atoms with Gasteiger partial charge in [-0.05, 0) is 48.0 Å². The van der Waals surface area contributed by atoms with E-state index in [4.69, 9.17) is 10.5 Å². The number of methoxy groups -OCH3 is 1. The van der Waals surface area contributed by atoms with Gasteiger partial charge in [-0.25, -0.2) is 9.97 Å². The highest BCUT2D eigenvalue weighted by molar-refractivity contribution is 9.10. The average Bonchev–Trinajstić information content (AvgIpc) is 2.89. The maximum absolute atomic E-state index is 5.96. The van der Waals surface area contributed by atoms with Gasteiger partial charge < -0.3 is 10.5 Å². The first-order chi connectivity index (χ1) is 10.0. The number of imidazole rings is 1. The van der Waals surface area contributed by atoms with Crippen LogP contribution in [0.1, 0.15) is 11.4 Å². The van der Waals surface area contributed by atoms with Gasteiger partial charge in [-0.2, -0.15) is 0 Å². The molecular weight excluding hydrogens is 332 g/mol. The maximum Gasteiger partial charge on any atom is 0.234 e. The first-order valence-corrected chi connectivity index (χ1v) is 7.26. The van der Waals surface area contributed by atoms with E-state index in [1.54, 1.807) is 7.11 Å². The molecule has 0 saturated heterocycles. The second kappa shape index (κ2) is 5.04. The number of aromatic nitrogens is 3. The molecule has 0 saturated carbocycles. The highest BCUT2D eigenvalue weighted by atomic mass is 79.9. The van der Waals surface area contributed by atoms with Crippen LogP contribution in [0.25, 0.3) is 17.0 Å². The molecule has 0 aliphatic carbocycles. The molecule has 0 fully saturated rings. The molecule has 108 valence electrons. The fourth-order valence-corrected chi connectivity index (χ4v) is 2.58. The Morgan fingerprint density at radius 3 is 2.67 bits per heavy atom. The summed E-state index contributed by atoms with van der Waals surface area (Å²) in [6, 6.07) is 5.64. The van der Waals surface area contributed by atoms with Crippen molar-refractivity contribution in [1.82, 2.24) is 14.4 Å². The lowest BCUT2D eigenvalue weighted by Crippen LogP contribution is -1.97. The van der Waals surface area contributed by atoms with E-state index in [2.05, 4.69) is 25.9 Å². The number of hydrogen-bond acceptors (Lipinski definition) is 4. The molecular formula is C15H15BrN4O. The SMILES string of the molecule is COc1ccc(-c2cn3c(C)c(Br)c(C)nc3n2)cc1N. The van der Waals surface area contributed by atoms with Crippen molar-refractivity contribution in [2.75, 3.05) is 12.8 Å². The van der Waals surface area contributed by atoms with Crippen molar-refractivity contribution in [2.45, 2.75) is 13.8 Å². The molecule has 0 radical (unpaired) electrons. The zero-order chi connectivity index (χ0) is 15.1. The van der Waals surface area contributed by atoms with E-state index in [0.717, 1.165) is 27.1 Å². The van der Waals surface area contributed by atoms with Crippen molar-refractivity contribution in [3.63, 3.8) is 0 Å². The first kappa shape index (κ1) is 13.9. The summed E-state index contributed by atoms with van der Waals surface area (Å²) in [7, 11) is 1.60. The second-order valence-electron chi connectivity index (χ2n) is 4.85.